The lowest BCUT2D eigenvalue weighted by molar-refractivity contribution is -0.137. The summed E-state index contributed by atoms with van der Waals surface area (Å²) in [5.74, 6) is -0.991. The predicted octanol–water partition coefficient (Wildman–Crippen LogP) is 3.22. The first kappa shape index (κ1) is 25.6. The van der Waals surface area contributed by atoms with E-state index in [1.54, 1.807) is 11.1 Å². The van der Waals surface area contributed by atoms with Crippen molar-refractivity contribution in [3.05, 3.63) is 51.5 Å². The molecule has 1 aliphatic carbocycles. The highest BCUT2D eigenvalue weighted by molar-refractivity contribution is 7.11. The topological polar surface area (TPSA) is 94.6 Å². The molecule has 1 saturated heterocycles. The number of hydrogen-bond donors (Lipinski definition) is 3. The summed E-state index contributed by atoms with van der Waals surface area (Å²) in [4.78, 5) is 31.9. The van der Waals surface area contributed by atoms with E-state index in [1.807, 2.05) is 6.92 Å². The summed E-state index contributed by atoms with van der Waals surface area (Å²) in [7, 11) is 0. The average Bonchev–Trinajstić information content (AvgIpc) is 3.48. The molecule has 1 aromatic heterocycles. The highest BCUT2D eigenvalue weighted by Crippen LogP contribution is 2.39. The monoisotopic (exact) mass is 510 g/mol. The van der Waals surface area contributed by atoms with Crippen molar-refractivity contribution in [2.75, 3.05) is 19.6 Å². The van der Waals surface area contributed by atoms with Crippen molar-refractivity contribution in [1.29, 1.82) is 0 Å². The van der Waals surface area contributed by atoms with Crippen molar-refractivity contribution in [2.45, 2.75) is 62.9 Å². The Morgan fingerprint density at radius 2 is 1.97 bits per heavy atom. The van der Waals surface area contributed by atoms with Gasteiger partial charge in [0.15, 0.2) is 0 Å². The fraction of sp³-hybridized carbons (Fsp3) is 0.542. The van der Waals surface area contributed by atoms with Gasteiger partial charge < -0.3 is 20.6 Å². The van der Waals surface area contributed by atoms with E-state index in [9.17, 15) is 27.9 Å². The maximum absolute atomic E-state index is 12.9. The van der Waals surface area contributed by atoms with Crippen LogP contribution in [0.15, 0.2) is 30.5 Å². The van der Waals surface area contributed by atoms with Crippen molar-refractivity contribution >= 4 is 23.2 Å². The number of carbonyl (C=O) groups is 2. The standard InChI is InChI=1S/C24H29F3N4O3S/c1-15-12-29-22(35-15)23(34)8-5-18(6-9-23)30-19-7-10-31(14-19)20(32)13-28-21(33)16-3-2-4-17(11-16)24(25,26)27/h2-4,11-12,18-19,30,34H,5-10,13-14H2,1H3,(H,28,33)/t18?,19-,23?/m0/s1. The number of aryl methyl sites for hydroxylation is 1. The van der Waals surface area contributed by atoms with Crippen LogP contribution in [0.2, 0.25) is 0 Å². The van der Waals surface area contributed by atoms with Gasteiger partial charge in [-0.25, -0.2) is 4.98 Å². The van der Waals surface area contributed by atoms with Gasteiger partial charge in [0, 0.05) is 41.8 Å². The normalized spacial score (nSPS) is 25.0. The van der Waals surface area contributed by atoms with E-state index >= 15 is 0 Å². The molecule has 0 radical (unpaired) electrons. The number of nitrogens with one attached hydrogen (secondary N) is 2. The summed E-state index contributed by atoms with van der Waals surface area (Å²) >= 11 is 1.53. The number of nitrogens with zero attached hydrogens (tertiary/aromatic N) is 2. The van der Waals surface area contributed by atoms with E-state index in [2.05, 4.69) is 15.6 Å². The third-order valence-electron chi connectivity index (χ3n) is 6.70. The minimum atomic E-state index is -4.54. The number of halogens is 3. The zero-order chi connectivity index (χ0) is 25.2. The van der Waals surface area contributed by atoms with Crippen LogP contribution in [-0.2, 0) is 16.6 Å². The largest absolute Gasteiger partial charge is 0.416 e. The van der Waals surface area contributed by atoms with Crippen molar-refractivity contribution in [2.24, 2.45) is 0 Å². The number of amides is 2. The van der Waals surface area contributed by atoms with Gasteiger partial charge in [0.2, 0.25) is 5.91 Å². The number of alkyl halides is 3. The van der Waals surface area contributed by atoms with E-state index in [1.165, 1.54) is 23.5 Å². The summed E-state index contributed by atoms with van der Waals surface area (Å²) in [6.07, 6.45) is 0.914. The molecule has 1 saturated carbocycles. The van der Waals surface area contributed by atoms with Crippen LogP contribution in [0.25, 0.3) is 0 Å². The first-order valence-corrected chi connectivity index (χ1v) is 12.5. The van der Waals surface area contributed by atoms with Crippen molar-refractivity contribution < 1.29 is 27.9 Å². The zero-order valence-electron chi connectivity index (χ0n) is 19.4. The van der Waals surface area contributed by atoms with Crippen LogP contribution < -0.4 is 10.6 Å². The number of thiazole rings is 1. The zero-order valence-corrected chi connectivity index (χ0v) is 20.2. The third-order valence-corrected chi connectivity index (χ3v) is 7.80. The fourth-order valence-corrected chi connectivity index (χ4v) is 5.62. The molecule has 190 valence electrons. The van der Waals surface area contributed by atoms with Gasteiger partial charge in [0.05, 0.1) is 12.1 Å². The van der Waals surface area contributed by atoms with Gasteiger partial charge in [-0.2, -0.15) is 13.2 Å². The van der Waals surface area contributed by atoms with E-state index < -0.39 is 23.2 Å². The summed E-state index contributed by atoms with van der Waals surface area (Å²) in [6.45, 7) is 2.75. The number of aromatic nitrogens is 1. The predicted molar refractivity (Wildman–Crippen MR) is 125 cm³/mol. The Balaban J connectivity index is 1.21. The van der Waals surface area contributed by atoms with Gasteiger partial charge in [-0.3, -0.25) is 9.59 Å². The van der Waals surface area contributed by atoms with Gasteiger partial charge in [-0.05, 0) is 57.2 Å². The maximum atomic E-state index is 12.9. The molecule has 4 rings (SSSR count). The minimum Gasteiger partial charge on any atom is -0.383 e. The van der Waals surface area contributed by atoms with E-state index in [-0.39, 0.29) is 30.1 Å². The van der Waals surface area contributed by atoms with Crippen LogP contribution in [0.4, 0.5) is 13.2 Å². The average molecular weight is 511 g/mol. The number of aliphatic hydroxyl groups is 1. The van der Waals surface area contributed by atoms with Gasteiger partial charge >= 0.3 is 6.18 Å². The molecule has 11 heteroatoms. The van der Waals surface area contributed by atoms with Crippen molar-refractivity contribution in [3.8, 4) is 0 Å². The van der Waals surface area contributed by atoms with Crippen molar-refractivity contribution in [1.82, 2.24) is 20.5 Å². The summed E-state index contributed by atoms with van der Waals surface area (Å²) in [5, 5.41) is 17.8. The molecule has 3 N–H and O–H groups in total. The van der Waals surface area contributed by atoms with Gasteiger partial charge in [-0.1, -0.05) is 6.07 Å². The number of hydrogen-bond acceptors (Lipinski definition) is 6. The lowest BCUT2D eigenvalue weighted by Crippen LogP contribution is -2.46. The second-order valence-electron chi connectivity index (χ2n) is 9.34. The first-order valence-electron chi connectivity index (χ1n) is 11.7. The quantitative estimate of drug-likeness (QED) is 0.555. The minimum absolute atomic E-state index is 0.122. The molecule has 0 bridgehead atoms. The molecule has 0 unspecified atom stereocenters. The second kappa shape index (κ2) is 10.2. The molecule has 2 heterocycles. The maximum Gasteiger partial charge on any atom is 0.416 e. The lowest BCUT2D eigenvalue weighted by atomic mass is 9.82. The van der Waals surface area contributed by atoms with Crippen LogP contribution >= 0.6 is 11.3 Å². The number of rotatable bonds is 6. The Morgan fingerprint density at radius 3 is 2.63 bits per heavy atom. The molecule has 1 aliphatic heterocycles. The number of carbonyl (C=O) groups excluding carboxylic acids is 2. The molecule has 2 aromatic rings. The van der Waals surface area contributed by atoms with Crippen LogP contribution in [-0.4, -0.2) is 58.5 Å². The number of likely N-dealkylation sites (tertiary alicyclic amines) is 1. The van der Waals surface area contributed by atoms with Crippen molar-refractivity contribution in [3.63, 3.8) is 0 Å². The second-order valence-corrected chi connectivity index (χ2v) is 10.6. The summed E-state index contributed by atoms with van der Waals surface area (Å²) < 4.78 is 38.6. The lowest BCUT2D eigenvalue weighted by Gasteiger charge is -2.36. The molecule has 35 heavy (non-hydrogen) atoms. The fourth-order valence-electron chi connectivity index (χ4n) is 4.71. The van der Waals surface area contributed by atoms with Gasteiger partial charge in [0.1, 0.15) is 10.6 Å². The Morgan fingerprint density at radius 1 is 1.23 bits per heavy atom. The molecule has 1 aromatic carbocycles. The Bertz CT molecular complexity index is 1070. The molecular formula is C24H29F3N4O3S. The smallest absolute Gasteiger partial charge is 0.383 e. The molecule has 7 nitrogen and oxygen atoms in total. The number of benzene rings is 1. The van der Waals surface area contributed by atoms with E-state index in [4.69, 9.17) is 0 Å². The van der Waals surface area contributed by atoms with Crippen LogP contribution in [0.1, 0.15) is 57.9 Å². The molecule has 2 aliphatic rings. The summed E-state index contributed by atoms with van der Waals surface area (Å²) in [5.41, 5.74) is -1.92. The van der Waals surface area contributed by atoms with Gasteiger partial charge in [0.25, 0.3) is 5.91 Å². The third kappa shape index (κ3) is 6.20. The SMILES string of the molecule is Cc1cnc(C2(O)CCC(N[C@H]3CCN(C(=O)CNC(=O)c4cccc(C(F)(F)F)c4)C3)CC2)s1. The summed E-state index contributed by atoms with van der Waals surface area (Å²) in [6, 6.07) is 4.49. The van der Waals surface area contributed by atoms with Crippen LogP contribution in [0.3, 0.4) is 0 Å². The highest BCUT2D eigenvalue weighted by atomic mass is 32.1. The molecular weight excluding hydrogens is 481 g/mol. The van der Waals surface area contributed by atoms with Crippen LogP contribution in [0, 0.1) is 6.92 Å². The van der Waals surface area contributed by atoms with Crippen LogP contribution in [0.5, 0.6) is 0 Å². The Hall–Kier alpha value is -2.50. The Labute approximate surface area is 205 Å². The Kier molecular flexibility index (Phi) is 7.48. The van der Waals surface area contributed by atoms with Gasteiger partial charge in [-0.15, -0.1) is 11.3 Å². The molecule has 0 spiro atoms. The van der Waals surface area contributed by atoms with E-state index in [0.29, 0.717) is 25.9 Å². The molecule has 2 fully saturated rings. The highest BCUT2D eigenvalue weighted by Gasteiger charge is 2.38. The molecule has 1 atom stereocenters. The van der Waals surface area contributed by atoms with E-state index in [0.717, 1.165) is 41.3 Å². The molecule has 2 amide bonds. The first-order chi connectivity index (χ1) is 16.5.